The van der Waals surface area contributed by atoms with Gasteiger partial charge in [0.1, 0.15) is 0 Å². The Morgan fingerprint density at radius 2 is 1.88 bits per heavy atom. The first-order valence-corrected chi connectivity index (χ1v) is 9.81. The molecule has 0 saturated carbocycles. The number of ether oxygens (including phenoxy) is 1. The number of halogens is 1. The van der Waals surface area contributed by atoms with Gasteiger partial charge in [-0.1, -0.05) is 23.7 Å². The van der Waals surface area contributed by atoms with Gasteiger partial charge in [-0.2, -0.15) is 0 Å². The number of benzene rings is 1. The van der Waals surface area contributed by atoms with E-state index in [2.05, 4.69) is 10.2 Å². The second kappa shape index (κ2) is 8.52. The second-order valence-electron chi connectivity index (χ2n) is 7.33. The molecular weight excluding hydrogens is 336 g/mol. The highest BCUT2D eigenvalue weighted by atomic mass is 35.5. The molecular formula is C20H29ClN2O2. The van der Waals surface area contributed by atoms with Gasteiger partial charge < -0.3 is 15.0 Å². The number of amides is 1. The first kappa shape index (κ1) is 18.7. The third kappa shape index (κ3) is 4.18. The lowest BCUT2D eigenvalue weighted by Gasteiger charge is -2.42. The SMILES string of the molecule is CNCCC1CCN(C(=O)C2(c3ccc(Cl)cc3)CCOCC2)CC1. The monoisotopic (exact) mass is 364 g/mol. The van der Waals surface area contributed by atoms with Crippen LogP contribution in [0.15, 0.2) is 24.3 Å². The summed E-state index contributed by atoms with van der Waals surface area (Å²) in [7, 11) is 2.00. The maximum absolute atomic E-state index is 13.5. The molecule has 0 aliphatic carbocycles. The average Bonchev–Trinajstić information content (AvgIpc) is 2.67. The van der Waals surface area contributed by atoms with Gasteiger partial charge in [-0.15, -0.1) is 0 Å². The summed E-state index contributed by atoms with van der Waals surface area (Å²) in [6.45, 7) is 4.11. The number of rotatable bonds is 5. The minimum atomic E-state index is -0.444. The van der Waals surface area contributed by atoms with Crippen molar-refractivity contribution >= 4 is 17.5 Å². The average molecular weight is 365 g/mol. The first-order valence-electron chi connectivity index (χ1n) is 9.43. The zero-order valence-corrected chi connectivity index (χ0v) is 15.9. The quantitative estimate of drug-likeness (QED) is 0.872. The molecule has 4 nitrogen and oxygen atoms in total. The summed E-state index contributed by atoms with van der Waals surface area (Å²) in [4.78, 5) is 15.6. The predicted molar refractivity (Wildman–Crippen MR) is 101 cm³/mol. The van der Waals surface area contributed by atoms with Crippen molar-refractivity contribution in [1.82, 2.24) is 10.2 Å². The third-order valence-corrected chi connectivity index (χ3v) is 6.11. The van der Waals surface area contributed by atoms with Crippen LogP contribution in [0.1, 0.15) is 37.7 Å². The Kier molecular flexibility index (Phi) is 6.37. The number of likely N-dealkylation sites (tertiary alicyclic amines) is 1. The van der Waals surface area contributed by atoms with Crippen LogP contribution in [0, 0.1) is 5.92 Å². The van der Waals surface area contributed by atoms with Crippen molar-refractivity contribution in [3.63, 3.8) is 0 Å². The van der Waals surface area contributed by atoms with Crippen LogP contribution in [0.4, 0.5) is 0 Å². The van der Waals surface area contributed by atoms with E-state index in [9.17, 15) is 4.79 Å². The van der Waals surface area contributed by atoms with Gasteiger partial charge in [0, 0.05) is 31.3 Å². The number of carbonyl (C=O) groups is 1. The number of nitrogens with zero attached hydrogens (tertiary/aromatic N) is 1. The van der Waals surface area contributed by atoms with E-state index < -0.39 is 5.41 Å². The normalized spacial score (nSPS) is 21.3. The van der Waals surface area contributed by atoms with E-state index in [0.29, 0.717) is 18.2 Å². The van der Waals surface area contributed by atoms with Crippen LogP contribution in [-0.4, -0.2) is 50.7 Å². The number of piperidine rings is 1. The Bertz CT molecular complexity index is 562. The van der Waals surface area contributed by atoms with Crippen molar-refractivity contribution in [3.05, 3.63) is 34.9 Å². The van der Waals surface area contributed by atoms with Gasteiger partial charge in [-0.25, -0.2) is 0 Å². The highest BCUT2D eigenvalue weighted by Crippen LogP contribution is 2.38. The summed E-state index contributed by atoms with van der Waals surface area (Å²) in [5.41, 5.74) is 0.642. The van der Waals surface area contributed by atoms with Crippen LogP contribution in [0.2, 0.25) is 5.02 Å². The molecule has 1 amide bonds. The van der Waals surface area contributed by atoms with Crippen LogP contribution in [0.5, 0.6) is 0 Å². The maximum Gasteiger partial charge on any atom is 0.233 e. The van der Waals surface area contributed by atoms with E-state index in [4.69, 9.17) is 16.3 Å². The van der Waals surface area contributed by atoms with Crippen LogP contribution >= 0.6 is 11.6 Å². The standard InChI is InChI=1S/C20H29ClN2O2/c1-22-11-6-16-7-12-23(13-8-16)19(24)20(9-14-25-15-10-20)17-2-4-18(21)5-3-17/h2-5,16,22H,6-15H2,1H3. The molecule has 0 spiro atoms. The molecule has 2 saturated heterocycles. The highest BCUT2D eigenvalue weighted by molar-refractivity contribution is 6.30. The lowest BCUT2D eigenvalue weighted by atomic mass is 9.72. The molecule has 2 aliphatic heterocycles. The number of hydrogen-bond acceptors (Lipinski definition) is 3. The Hall–Kier alpha value is -1.10. The molecule has 3 rings (SSSR count). The van der Waals surface area contributed by atoms with Crippen LogP contribution < -0.4 is 5.32 Å². The van der Waals surface area contributed by atoms with Crippen molar-refractivity contribution in [2.45, 2.75) is 37.5 Å². The smallest absolute Gasteiger partial charge is 0.233 e. The Morgan fingerprint density at radius 3 is 2.48 bits per heavy atom. The van der Waals surface area contributed by atoms with E-state index in [1.165, 1.54) is 6.42 Å². The second-order valence-corrected chi connectivity index (χ2v) is 7.77. The molecule has 25 heavy (non-hydrogen) atoms. The zero-order valence-electron chi connectivity index (χ0n) is 15.1. The molecule has 0 unspecified atom stereocenters. The van der Waals surface area contributed by atoms with E-state index in [-0.39, 0.29) is 5.91 Å². The van der Waals surface area contributed by atoms with Gasteiger partial charge in [0.25, 0.3) is 0 Å². The van der Waals surface area contributed by atoms with E-state index in [1.807, 2.05) is 31.3 Å². The summed E-state index contributed by atoms with van der Waals surface area (Å²) in [5, 5.41) is 3.94. The fourth-order valence-electron chi connectivity index (χ4n) is 4.19. The minimum absolute atomic E-state index is 0.283. The van der Waals surface area contributed by atoms with Crippen molar-refractivity contribution in [2.24, 2.45) is 5.92 Å². The third-order valence-electron chi connectivity index (χ3n) is 5.86. The molecule has 0 atom stereocenters. The zero-order chi connectivity index (χ0) is 17.7. The van der Waals surface area contributed by atoms with Gasteiger partial charge in [0.2, 0.25) is 5.91 Å². The molecule has 0 bridgehead atoms. The van der Waals surface area contributed by atoms with Crippen LogP contribution in [-0.2, 0) is 14.9 Å². The van der Waals surface area contributed by atoms with Crippen molar-refractivity contribution in [2.75, 3.05) is 39.9 Å². The van der Waals surface area contributed by atoms with E-state index in [1.54, 1.807) is 0 Å². The van der Waals surface area contributed by atoms with Gasteiger partial charge in [0.05, 0.1) is 5.41 Å². The van der Waals surface area contributed by atoms with Crippen molar-refractivity contribution < 1.29 is 9.53 Å². The van der Waals surface area contributed by atoms with Gasteiger partial charge in [-0.3, -0.25) is 4.79 Å². The Morgan fingerprint density at radius 1 is 1.24 bits per heavy atom. The molecule has 1 N–H and O–H groups in total. The first-order chi connectivity index (χ1) is 12.2. The Balaban J connectivity index is 1.73. The molecule has 1 aromatic carbocycles. The van der Waals surface area contributed by atoms with E-state index in [0.717, 1.165) is 56.8 Å². The van der Waals surface area contributed by atoms with E-state index >= 15 is 0 Å². The molecule has 2 aliphatic rings. The molecule has 2 fully saturated rings. The van der Waals surface area contributed by atoms with Gasteiger partial charge in [0.15, 0.2) is 0 Å². The lowest BCUT2D eigenvalue weighted by Crippen LogP contribution is -2.52. The molecule has 0 aromatic heterocycles. The molecule has 2 heterocycles. The number of hydrogen-bond donors (Lipinski definition) is 1. The fraction of sp³-hybridized carbons (Fsp3) is 0.650. The van der Waals surface area contributed by atoms with Crippen LogP contribution in [0.3, 0.4) is 0 Å². The highest BCUT2D eigenvalue weighted by Gasteiger charge is 2.44. The summed E-state index contributed by atoms with van der Waals surface area (Å²) in [6.07, 6.45) is 4.94. The maximum atomic E-state index is 13.5. The van der Waals surface area contributed by atoms with Gasteiger partial charge in [-0.05, 0) is 69.3 Å². The molecule has 1 aromatic rings. The summed E-state index contributed by atoms with van der Waals surface area (Å²) >= 11 is 6.06. The Labute approximate surface area is 155 Å². The molecule has 5 heteroatoms. The summed E-state index contributed by atoms with van der Waals surface area (Å²) in [5.74, 6) is 1.02. The van der Waals surface area contributed by atoms with Crippen molar-refractivity contribution in [3.8, 4) is 0 Å². The summed E-state index contributed by atoms with van der Waals surface area (Å²) in [6, 6.07) is 7.83. The lowest BCUT2D eigenvalue weighted by molar-refractivity contribution is -0.142. The number of carbonyl (C=O) groups excluding carboxylic acids is 1. The topological polar surface area (TPSA) is 41.6 Å². The molecule has 0 radical (unpaired) electrons. The minimum Gasteiger partial charge on any atom is -0.381 e. The predicted octanol–water partition coefficient (Wildman–Crippen LogP) is 3.24. The van der Waals surface area contributed by atoms with Gasteiger partial charge >= 0.3 is 0 Å². The largest absolute Gasteiger partial charge is 0.381 e. The summed E-state index contributed by atoms with van der Waals surface area (Å²) < 4.78 is 5.57. The number of nitrogens with one attached hydrogen (secondary N) is 1. The van der Waals surface area contributed by atoms with Crippen molar-refractivity contribution in [1.29, 1.82) is 0 Å². The van der Waals surface area contributed by atoms with Crippen LogP contribution in [0.25, 0.3) is 0 Å². The fourth-order valence-corrected chi connectivity index (χ4v) is 4.32. The molecule has 138 valence electrons.